The smallest absolute Gasteiger partial charge is 0.0898 e. The van der Waals surface area contributed by atoms with E-state index >= 15 is 0 Å². The van der Waals surface area contributed by atoms with Gasteiger partial charge in [-0.15, -0.1) is 0 Å². The van der Waals surface area contributed by atoms with Gasteiger partial charge in [-0.05, 0) is 32.5 Å². The van der Waals surface area contributed by atoms with Crippen molar-refractivity contribution in [1.82, 2.24) is 10.2 Å². The monoisotopic (exact) mass is 278 g/mol. The lowest BCUT2D eigenvalue weighted by Gasteiger charge is -2.19. The summed E-state index contributed by atoms with van der Waals surface area (Å²) in [6, 6.07) is 10.6. The topological polar surface area (TPSA) is 44.7 Å². The van der Waals surface area contributed by atoms with E-state index in [1.54, 1.807) is 0 Å². The van der Waals surface area contributed by atoms with E-state index in [1.165, 1.54) is 0 Å². The minimum atomic E-state index is -0.452. The Kier molecular flexibility index (Phi) is 5.98. The van der Waals surface area contributed by atoms with Gasteiger partial charge in [-0.25, -0.2) is 0 Å². The van der Waals surface area contributed by atoms with Crippen molar-refractivity contribution in [3.63, 3.8) is 0 Å². The molecule has 1 heterocycles. The molecule has 1 aromatic rings. The van der Waals surface area contributed by atoms with E-state index in [1.807, 2.05) is 37.3 Å². The summed E-state index contributed by atoms with van der Waals surface area (Å²) in [5, 5.41) is 13.4. The molecule has 0 aliphatic carbocycles. The Bertz CT molecular complexity index is 385. The maximum absolute atomic E-state index is 9.97. The number of rotatable bonds is 7. The molecule has 112 valence electrons. The van der Waals surface area contributed by atoms with Crippen molar-refractivity contribution in [1.29, 1.82) is 0 Å². The van der Waals surface area contributed by atoms with Crippen molar-refractivity contribution in [3.05, 3.63) is 35.9 Å². The van der Waals surface area contributed by atoms with E-state index in [-0.39, 0.29) is 6.10 Å². The normalized spacial score (nSPS) is 22.9. The lowest BCUT2D eigenvalue weighted by molar-refractivity contribution is -0.00278. The number of benzene rings is 1. The summed E-state index contributed by atoms with van der Waals surface area (Å²) in [5.74, 6) is 0. The van der Waals surface area contributed by atoms with Crippen LogP contribution in [0.1, 0.15) is 25.0 Å². The number of ether oxygens (including phenoxy) is 1. The lowest BCUT2D eigenvalue weighted by atomic mass is 10.1. The molecule has 1 saturated heterocycles. The van der Waals surface area contributed by atoms with Crippen molar-refractivity contribution < 1.29 is 9.84 Å². The SMILES string of the molecule is CC(OCC(O)CNC1CCN(C)C1)c1ccccc1. The molecule has 1 fully saturated rings. The molecule has 0 radical (unpaired) electrons. The molecule has 2 rings (SSSR count). The molecule has 1 aliphatic rings. The molecule has 0 aromatic heterocycles. The van der Waals surface area contributed by atoms with Gasteiger partial charge in [-0.1, -0.05) is 30.3 Å². The molecular weight excluding hydrogens is 252 g/mol. The van der Waals surface area contributed by atoms with Crippen LogP contribution in [-0.4, -0.2) is 55.4 Å². The van der Waals surface area contributed by atoms with Gasteiger partial charge in [-0.2, -0.15) is 0 Å². The predicted octanol–water partition coefficient (Wildman–Crippen LogP) is 1.42. The molecule has 4 nitrogen and oxygen atoms in total. The van der Waals surface area contributed by atoms with Crippen LogP contribution in [0.2, 0.25) is 0 Å². The fourth-order valence-electron chi connectivity index (χ4n) is 2.54. The summed E-state index contributed by atoms with van der Waals surface area (Å²) in [4.78, 5) is 2.30. The maximum atomic E-state index is 9.97. The third-order valence-electron chi connectivity index (χ3n) is 3.84. The largest absolute Gasteiger partial charge is 0.389 e. The Morgan fingerprint density at radius 1 is 1.40 bits per heavy atom. The second kappa shape index (κ2) is 7.74. The van der Waals surface area contributed by atoms with Crippen molar-refractivity contribution in [2.75, 3.05) is 33.3 Å². The van der Waals surface area contributed by atoms with Crippen molar-refractivity contribution in [2.24, 2.45) is 0 Å². The van der Waals surface area contributed by atoms with Crippen LogP contribution in [0.5, 0.6) is 0 Å². The molecule has 0 amide bonds. The third kappa shape index (κ3) is 4.87. The van der Waals surface area contributed by atoms with Gasteiger partial charge in [0.25, 0.3) is 0 Å². The Morgan fingerprint density at radius 2 is 2.15 bits per heavy atom. The number of likely N-dealkylation sites (tertiary alicyclic amines) is 1. The second-order valence-corrected chi connectivity index (χ2v) is 5.70. The third-order valence-corrected chi connectivity index (χ3v) is 3.84. The standard InChI is InChI=1S/C16H26N2O2/c1-13(14-6-4-3-5-7-14)20-12-16(19)10-17-15-8-9-18(2)11-15/h3-7,13,15-17,19H,8-12H2,1-2H3. The molecule has 3 unspecified atom stereocenters. The second-order valence-electron chi connectivity index (χ2n) is 5.70. The molecule has 0 spiro atoms. The number of aliphatic hydroxyl groups excluding tert-OH is 1. The zero-order chi connectivity index (χ0) is 14.4. The van der Waals surface area contributed by atoms with Crippen LogP contribution in [0.3, 0.4) is 0 Å². The number of nitrogens with one attached hydrogen (secondary N) is 1. The van der Waals surface area contributed by atoms with Gasteiger partial charge in [0.1, 0.15) is 0 Å². The number of aliphatic hydroxyl groups is 1. The van der Waals surface area contributed by atoms with Gasteiger partial charge in [0.2, 0.25) is 0 Å². The van der Waals surface area contributed by atoms with Gasteiger partial charge < -0.3 is 20.1 Å². The van der Waals surface area contributed by atoms with Gasteiger partial charge >= 0.3 is 0 Å². The minimum Gasteiger partial charge on any atom is -0.389 e. The summed E-state index contributed by atoms with van der Waals surface area (Å²) in [7, 11) is 2.13. The summed E-state index contributed by atoms with van der Waals surface area (Å²) >= 11 is 0. The average Bonchev–Trinajstić information content (AvgIpc) is 2.89. The highest BCUT2D eigenvalue weighted by molar-refractivity contribution is 5.16. The molecule has 3 atom stereocenters. The number of nitrogens with zero attached hydrogens (tertiary/aromatic N) is 1. The fourth-order valence-corrected chi connectivity index (χ4v) is 2.54. The molecular formula is C16H26N2O2. The molecule has 4 heteroatoms. The highest BCUT2D eigenvalue weighted by Gasteiger charge is 2.19. The molecule has 2 N–H and O–H groups in total. The van der Waals surface area contributed by atoms with Crippen LogP contribution in [0.15, 0.2) is 30.3 Å². The van der Waals surface area contributed by atoms with Crippen LogP contribution in [0.4, 0.5) is 0 Å². The maximum Gasteiger partial charge on any atom is 0.0898 e. The number of hydrogen-bond acceptors (Lipinski definition) is 4. The van der Waals surface area contributed by atoms with Gasteiger partial charge in [-0.3, -0.25) is 0 Å². The Labute approximate surface area is 121 Å². The zero-order valence-electron chi connectivity index (χ0n) is 12.5. The van der Waals surface area contributed by atoms with E-state index in [4.69, 9.17) is 4.74 Å². The molecule has 0 saturated carbocycles. The molecule has 0 bridgehead atoms. The lowest BCUT2D eigenvalue weighted by Crippen LogP contribution is -2.38. The Morgan fingerprint density at radius 3 is 2.80 bits per heavy atom. The minimum absolute atomic E-state index is 0.0171. The van der Waals surface area contributed by atoms with E-state index in [2.05, 4.69) is 17.3 Å². The van der Waals surface area contributed by atoms with Crippen LogP contribution in [0, 0.1) is 0 Å². The quantitative estimate of drug-likeness (QED) is 0.792. The van der Waals surface area contributed by atoms with Crippen molar-refractivity contribution >= 4 is 0 Å². The van der Waals surface area contributed by atoms with Crippen molar-refractivity contribution in [3.8, 4) is 0 Å². The molecule has 1 aromatic carbocycles. The molecule has 20 heavy (non-hydrogen) atoms. The van der Waals surface area contributed by atoms with Crippen LogP contribution < -0.4 is 5.32 Å². The highest BCUT2D eigenvalue weighted by Crippen LogP contribution is 2.16. The first kappa shape index (κ1) is 15.4. The van der Waals surface area contributed by atoms with Gasteiger partial charge in [0, 0.05) is 19.1 Å². The van der Waals surface area contributed by atoms with Crippen molar-refractivity contribution in [2.45, 2.75) is 31.6 Å². The summed E-state index contributed by atoms with van der Waals surface area (Å²) in [6.45, 7) is 5.18. The fraction of sp³-hybridized carbons (Fsp3) is 0.625. The van der Waals surface area contributed by atoms with Crippen LogP contribution in [-0.2, 0) is 4.74 Å². The van der Waals surface area contributed by atoms with Crippen LogP contribution >= 0.6 is 0 Å². The first-order chi connectivity index (χ1) is 9.65. The highest BCUT2D eigenvalue weighted by atomic mass is 16.5. The van der Waals surface area contributed by atoms with E-state index in [0.29, 0.717) is 19.2 Å². The van der Waals surface area contributed by atoms with E-state index in [9.17, 15) is 5.11 Å². The van der Waals surface area contributed by atoms with Gasteiger partial charge in [0.15, 0.2) is 0 Å². The predicted molar refractivity (Wildman–Crippen MR) is 80.7 cm³/mol. The first-order valence-electron chi connectivity index (χ1n) is 7.41. The molecule has 1 aliphatic heterocycles. The summed E-state index contributed by atoms with van der Waals surface area (Å²) in [5.41, 5.74) is 1.14. The summed E-state index contributed by atoms with van der Waals surface area (Å²) in [6.07, 6.45) is 0.723. The number of likely N-dealkylation sites (N-methyl/N-ethyl adjacent to an activating group) is 1. The summed E-state index contributed by atoms with van der Waals surface area (Å²) < 4.78 is 5.73. The average molecular weight is 278 g/mol. The van der Waals surface area contributed by atoms with E-state index < -0.39 is 6.10 Å². The zero-order valence-corrected chi connectivity index (χ0v) is 12.5. The van der Waals surface area contributed by atoms with Gasteiger partial charge in [0.05, 0.1) is 18.8 Å². The number of hydrogen-bond donors (Lipinski definition) is 2. The Balaban J connectivity index is 1.63. The van der Waals surface area contributed by atoms with E-state index in [0.717, 1.165) is 25.1 Å². The first-order valence-corrected chi connectivity index (χ1v) is 7.41. The van der Waals surface area contributed by atoms with Crippen LogP contribution in [0.25, 0.3) is 0 Å². The Hall–Kier alpha value is -0.940.